The van der Waals surface area contributed by atoms with Gasteiger partial charge in [-0.1, -0.05) is 25.7 Å². The van der Waals surface area contributed by atoms with Gasteiger partial charge in [0.25, 0.3) is 0 Å². The highest BCUT2D eigenvalue weighted by atomic mass is 32.2. The lowest BCUT2D eigenvalue weighted by Gasteiger charge is -2.09. The Morgan fingerprint density at radius 1 is 1.35 bits per heavy atom. The standard InChI is InChI=1S/C17H24O2S/c1-14(2)9-11-20-13-16-12-15(6-4-5-10-18)7-8-17(16)19-3/h7-8,12,14,18H,5,9-11,13H2,1-3H3. The van der Waals surface area contributed by atoms with Crippen molar-refractivity contribution in [2.75, 3.05) is 19.5 Å². The first-order valence-corrected chi connectivity index (χ1v) is 8.17. The minimum absolute atomic E-state index is 0.112. The predicted octanol–water partition coefficient (Wildman–Crippen LogP) is 3.71. The Kier molecular flexibility index (Phi) is 8.25. The third kappa shape index (κ3) is 6.36. The molecule has 110 valence electrons. The van der Waals surface area contributed by atoms with Crippen molar-refractivity contribution in [2.24, 2.45) is 5.92 Å². The van der Waals surface area contributed by atoms with Gasteiger partial charge < -0.3 is 9.84 Å². The monoisotopic (exact) mass is 292 g/mol. The van der Waals surface area contributed by atoms with E-state index in [1.807, 2.05) is 23.9 Å². The topological polar surface area (TPSA) is 29.5 Å². The van der Waals surface area contributed by atoms with Crippen LogP contribution < -0.4 is 4.74 Å². The van der Waals surface area contributed by atoms with Crippen molar-refractivity contribution in [1.82, 2.24) is 0 Å². The molecule has 1 N–H and O–H groups in total. The molecule has 1 rings (SSSR count). The van der Waals surface area contributed by atoms with E-state index in [1.165, 1.54) is 17.7 Å². The second-order valence-corrected chi connectivity index (χ2v) is 6.14. The second kappa shape index (κ2) is 9.74. The van der Waals surface area contributed by atoms with Crippen molar-refractivity contribution >= 4 is 11.8 Å². The number of aliphatic hydroxyl groups excluding tert-OH is 1. The molecule has 0 unspecified atom stereocenters. The van der Waals surface area contributed by atoms with Gasteiger partial charge in [0, 0.05) is 23.3 Å². The van der Waals surface area contributed by atoms with Gasteiger partial charge in [0.05, 0.1) is 13.7 Å². The molecular weight excluding hydrogens is 268 g/mol. The van der Waals surface area contributed by atoms with E-state index in [1.54, 1.807) is 7.11 Å². The lowest BCUT2D eigenvalue weighted by Crippen LogP contribution is -1.94. The average molecular weight is 292 g/mol. The Morgan fingerprint density at radius 2 is 2.15 bits per heavy atom. The number of rotatable bonds is 7. The van der Waals surface area contributed by atoms with Crippen LogP contribution in [-0.2, 0) is 5.75 Å². The van der Waals surface area contributed by atoms with E-state index in [0.29, 0.717) is 6.42 Å². The first kappa shape index (κ1) is 16.9. The fourth-order valence-corrected chi connectivity index (χ4v) is 2.92. The largest absolute Gasteiger partial charge is 0.496 e. The maximum Gasteiger partial charge on any atom is 0.122 e. The third-order valence-corrected chi connectivity index (χ3v) is 3.89. The first-order valence-electron chi connectivity index (χ1n) is 7.01. The summed E-state index contributed by atoms with van der Waals surface area (Å²) in [5.74, 6) is 9.82. The molecule has 20 heavy (non-hydrogen) atoms. The molecule has 0 spiro atoms. The van der Waals surface area contributed by atoms with Crippen LogP contribution in [0.3, 0.4) is 0 Å². The van der Waals surface area contributed by atoms with Crippen molar-refractivity contribution in [3.63, 3.8) is 0 Å². The number of methoxy groups -OCH3 is 1. The first-order chi connectivity index (χ1) is 9.67. The van der Waals surface area contributed by atoms with Crippen LogP contribution in [0.15, 0.2) is 18.2 Å². The summed E-state index contributed by atoms with van der Waals surface area (Å²) < 4.78 is 5.40. The number of benzene rings is 1. The number of ether oxygens (including phenoxy) is 1. The summed E-state index contributed by atoms with van der Waals surface area (Å²) in [6.45, 7) is 4.61. The van der Waals surface area contributed by atoms with Gasteiger partial charge in [0.1, 0.15) is 5.75 Å². The van der Waals surface area contributed by atoms with Crippen LogP contribution in [0.25, 0.3) is 0 Å². The maximum absolute atomic E-state index is 8.74. The molecule has 1 aromatic rings. The van der Waals surface area contributed by atoms with Crippen LogP contribution in [0, 0.1) is 17.8 Å². The highest BCUT2D eigenvalue weighted by molar-refractivity contribution is 7.98. The zero-order valence-electron chi connectivity index (χ0n) is 12.6. The molecule has 0 heterocycles. The van der Waals surface area contributed by atoms with Crippen molar-refractivity contribution in [3.05, 3.63) is 29.3 Å². The summed E-state index contributed by atoms with van der Waals surface area (Å²) in [5, 5.41) is 8.74. The highest BCUT2D eigenvalue weighted by Gasteiger charge is 2.04. The van der Waals surface area contributed by atoms with Crippen LogP contribution in [0.2, 0.25) is 0 Å². The fourth-order valence-electron chi connectivity index (χ4n) is 1.69. The van der Waals surface area contributed by atoms with E-state index < -0.39 is 0 Å². The molecule has 0 radical (unpaired) electrons. The molecule has 0 aromatic heterocycles. The van der Waals surface area contributed by atoms with E-state index in [-0.39, 0.29) is 6.61 Å². The maximum atomic E-state index is 8.74. The molecule has 0 amide bonds. The molecule has 0 saturated carbocycles. The van der Waals surface area contributed by atoms with E-state index >= 15 is 0 Å². The van der Waals surface area contributed by atoms with Gasteiger partial charge in [-0.3, -0.25) is 0 Å². The fraction of sp³-hybridized carbons (Fsp3) is 0.529. The van der Waals surface area contributed by atoms with Crippen LogP contribution in [0.5, 0.6) is 5.75 Å². The van der Waals surface area contributed by atoms with Crippen molar-refractivity contribution in [2.45, 2.75) is 32.4 Å². The Bertz CT molecular complexity index is 458. The Hall–Kier alpha value is -1.11. The van der Waals surface area contributed by atoms with Crippen molar-refractivity contribution < 1.29 is 9.84 Å². The number of hydrogen-bond acceptors (Lipinski definition) is 3. The molecule has 2 nitrogen and oxygen atoms in total. The highest BCUT2D eigenvalue weighted by Crippen LogP contribution is 2.25. The SMILES string of the molecule is COc1ccc(C#CCCO)cc1CSCCC(C)C. The average Bonchev–Trinajstić information content (AvgIpc) is 2.44. The van der Waals surface area contributed by atoms with Gasteiger partial charge in [-0.2, -0.15) is 11.8 Å². The van der Waals surface area contributed by atoms with E-state index in [4.69, 9.17) is 9.84 Å². The van der Waals surface area contributed by atoms with Crippen LogP contribution in [-0.4, -0.2) is 24.6 Å². The van der Waals surface area contributed by atoms with Gasteiger partial charge in [0.15, 0.2) is 0 Å². The molecule has 3 heteroatoms. The summed E-state index contributed by atoms with van der Waals surface area (Å²) in [4.78, 5) is 0. The molecule has 0 aliphatic carbocycles. The Morgan fingerprint density at radius 3 is 2.80 bits per heavy atom. The van der Waals surface area contributed by atoms with E-state index in [0.717, 1.165) is 23.0 Å². The molecule has 0 aliphatic heterocycles. The summed E-state index contributed by atoms with van der Waals surface area (Å²) in [6.07, 6.45) is 1.76. The molecule has 1 aromatic carbocycles. The van der Waals surface area contributed by atoms with Crippen LogP contribution >= 0.6 is 11.8 Å². The predicted molar refractivity (Wildman–Crippen MR) is 87.2 cm³/mol. The van der Waals surface area contributed by atoms with Gasteiger partial charge in [-0.25, -0.2) is 0 Å². The second-order valence-electron chi connectivity index (χ2n) is 5.04. The molecule has 0 atom stereocenters. The zero-order chi connectivity index (χ0) is 14.8. The summed E-state index contributed by atoms with van der Waals surface area (Å²) in [5.41, 5.74) is 2.18. The smallest absolute Gasteiger partial charge is 0.122 e. The molecule has 0 bridgehead atoms. The molecular formula is C17H24O2S. The molecule has 0 fully saturated rings. The van der Waals surface area contributed by atoms with E-state index in [9.17, 15) is 0 Å². The molecule has 0 saturated heterocycles. The van der Waals surface area contributed by atoms with Crippen molar-refractivity contribution in [3.8, 4) is 17.6 Å². The Balaban J connectivity index is 2.66. The normalized spacial score (nSPS) is 10.2. The van der Waals surface area contributed by atoms with Crippen LogP contribution in [0.4, 0.5) is 0 Å². The quantitative estimate of drug-likeness (QED) is 0.613. The van der Waals surface area contributed by atoms with E-state index in [2.05, 4.69) is 31.8 Å². The summed E-state index contributed by atoms with van der Waals surface area (Å²) >= 11 is 1.93. The van der Waals surface area contributed by atoms with Gasteiger partial charge in [-0.05, 0) is 36.3 Å². The Labute approximate surface area is 126 Å². The minimum atomic E-state index is 0.112. The van der Waals surface area contributed by atoms with Gasteiger partial charge in [0.2, 0.25) is 0 Å². The van der Waals surface area contributed by atoms with Gasteiger partial charge in [-0.15, -0.1) is 0 Å². The number of hydrogen-bond donors (Lipinski definition) is 1. The summed E-state index contributed by atoms with van der Waals surface area (Å²) in [7, 11) is 1.70. The van der Waals surface area contributed by atoms with Crippen LogP contribution in [0.1, 0.15) is 37.8 Å². The third-order valence-electron chi connectivity index (χ3n) is 2.85. The number of aliphatic hydroxyl groups is 1. The zero-order valence-corrected chi connectivity index (χ0v) is 13.4. The minimum Gasteiger partial charge on any atom is -0.496 e. The number of thioether (sulfide) groups is 1. The lowest BCUT2D eigenvalue weighted by molar-refractivity contribution is 0.305. The van der Waals surface area contributed by atoms with Crippen molar-refractivity contribution in [1.29, 1.82) is 0 Å². The molecule has 0 aliphatic rings. The van der Waals surface area contributed by atoms with Gasteiger partial charge >= 0.3 is 0 Å². The lowest BCUT2D eigenvalue weighted by atomic mass is 10.1. The summed E-state index contributed by atoms with van der Waals surface area (Å²) in [6, 6.07) is 6.03.